The van der Waals surface area contributed by atoms with Crippen LogP contribution in [0.5, 0.6) is 0 Å². The van der Waals surface area contributed by atoms with Crippen LogP contribution in [-0.4, -0.2) is 36.5 Å². The smallest absolute Gasteiger partial charge is 0.225 e. The molecule has 1 unspecified atom stereocenters. The molecular formula is C14H20ClN3O. The SMILES string of the molecule is NCC1CCCN1CCC(=O)Nc1cccc(Cl)c1. The number of carbonyl (C=O) groups is 1. The molecular weight excluding hydrogens is 262 g/mol. The summed E-state index contributed by atoms with van der Waals surface area (Å²) in [6.45, 7) is 2.50. The predicted molar refractivity (Wildman–Crippen MR) is 78.3 cm³/mol. The lowest BCUT2D eigenvalue weighted by Gasteiger charge is -2.22. The van der Waals surface area contributed by atoms with Gasteiger partial charge < -0.3 is 11.1 Å². The standard InChI is InChI=1S/C14H20ClN3O/c15-11-3-1-4-12(9-11)17-14(19)6-8-18-7-2-5-13(18)10-16/h1,3-4,9,13H,2,5-8,10,16H2,(H,17,19). The molecule has 0 radical (unpaired) electrons. The summed E-state index contributed by atoms with van der Waals surface area (Å²) in [5.41, 5.74) is 6.46. The van der Waals surface area contributed by atoms with Crippen molar-refractivity contribution in [2.24, 2.45) is 5.73 Å². The number of nitrogens with two attached hydrogens (primary N) is 1. The molecule has 2 rings (SSSR count). The van der Waals surface area contributed by atoms with E-state index in [1.165, 1.54) is 6.42 Å². The largest absolute Gasteiger partial charge is 0.329 e. The Balaban J connectivity index is 1.78. The third-order valence-electron chi connectivity index (χ3n) is 3.51. The molecule has 1 heterocycles. The molecule has 19 heavy (non-hydrogen) atoms. The van der Waals surface area contributed by atoms with Crippen molar-refractivity contribution < 1.29 is 4.79 Å². The van der Waals surface area contributed by atoms with Crippen molar-refractivity contribution in [3.05, 3.63) is 29.3 Å². The van der Waals surface area contributed by atoms with Crippen LogP contribution in [0.1, 0.15) is 19.3 Å². The molecule has 1 aromatic rings. The molecule has 5 heteroatoms. The van der Waals surface area contributed by atoms with Crippen LogP contribution in [0.25, 0.3) is 0 Å². The molecule has 1 aliphatic heterocycles. The number of hydrogen-bond donors (Lipinski definition) is 2. The number of likely N-dealkylation sites (tertiary alicyclic amines) is 1. The first-order valence-electron chi connectivity index (χ1n) is 6.68. The quantitative estimate of drug-likeness (QED) is 0.869. The molecule has 1 aromatic carbocycles. The van der Waals surface area contributed by atoms with E-state index in [0.29, 0.717) is 24.0 Å². The van der Waals surface area contributed by atoms with Gasteiger partial charge in [0.2, 0.25) is 5.91 Å². The summed E-state index contributed by atoms with van der Waals surface area (Å²) in [5.74, 6) is 0.0185. The van der Waals surface area contributed by atoms with Crippen molar-refractivity contribution in [1.29, 1.82) is 0 Å². The molecule has 1 fully saturated rings. The second-order valence-corrected chi connectivity index (χ2v) is 5.31. The normalized spacial score (nSPS) is 19.6. The Bertz CT molecular complexity index is 438. The zero-order valence-electron chi connectivity index (χ0n) is 10.9. The molecule has 3 N–H and O–H groups in total. The van der Waals surface area contributed by atoms with E-state index in [0.717, 1.165) is 25.2 Å². The van der Waals surface area contributed by atoms with E-state index in [9.17, 15) is 4.79 Å². The van der Waals surface area contributed by atoms with Crippen molar-refractivity contribution in [2.75, 3.05) is 25.0 Å². The van der Waals surface area contributed by atoms with Crippen molar-refractivity contribution in [2.45, 2.75) is 25.3 Å². The summed E-state index contributed by atoms with van der Waals surface area (Å²) < 4.78 is 0. The van der Waals surface area contributed by atoms with Gasteiger partial charge >= 0.3 is 0 Å². The molecule has 0 aromatic heterocycles. The predicted octanol–water partition coefficient (Wildman–Crippen LogP) is 2.09. The fourth-order valence-corrected chi connectivity index (χ4v) is 2.68. The van der Waals surface area contributed by atoms with Crippen LogP contribution >= 0.6 is 11.6 Å². The number of carbonyl (C=O) groups excluding carboxylic acids is 1. The molecule has 1 atom stereocenters. The van der Waals surface area contributed by atoms with Gasteiger partial charge in [0.25, 0.3) is 0 Å². The molecule has 1 amide bonds. The van der Waals surface area contributed by atoms with Gasteiger partial charge in [-0.25, -0.2) is 0 Å². The molecule has 0 aliphatic carbocycles. The lowest BCUT2D eigenvalue weighted by atomic mass is 10.2. The molecule has 1 saturated heterocycles. The summed E-state index contributed by atoms with van der Waals surface area (Å²) in [4.78, 5) is 14.2. The first-order chi connectivity index (χ1) is 9.19. The van der Waals surface area contributed by atoms with Crippen molar-refractivity contribution in [3.63, 3.8) is 0 Å². The number of rotatable bonds is 5. The van der Waals surface area contributed by atoms with Gasteiger partial charge in [0.05, 0.1) is 0 Å². The lowest BCUT2D eigenvalue weighted by Crippen LogP contribution is -2.37. The minimum absolute atomic E-state index is 0.0185. The van der Waals surface area contributed by atoms with Crippen LogP contribution in [0, 0.1) is 0 Å². The Morgan fingerprint density at radius 1 is 1.53 bits per heavy atom. The lowest BCUT2D eigenvalue weighted by molar-refractivity contribution is -0.116. The van der Waals surface area contributed by atoms with Crippen LogP contribution in [0.15, 0.2) is 24.3 Å². The number of nitrogens with zero attached hydrogens (tertiary/aromatic N) is 1. The number of benzene rings is 1. The van der Waals surface area contributed by atoms with Gasteiger partial charge in [0, 0.05) is 36.3 Å². The van der Waals surface area contributed by atoms with Gasteiger partial charge in [-0.2, -0.15) is 0 Å². The van der Waals surface area contributed by atoms with E-state index in [2.05, 4.69) is 10.2 Å². The Morgan fingerprint density at radius 3 is 3.11 bits per heavy atom. The summed E-state index contributed by atoms with van der Waals surface area (Å²) in [6.07, 6.45) is 2.81. The van der Waals surface area contributed by atoms with Crippen molar-refractivity contribution in [3.8, 4) is 0 Å². The van der Waals surface area contributed by atoms with E-state index in [1.807, 2.05) is 12.1 Å². The van der Waals surface area contributed by atoms with Gasteiger partial charge in [0.1, 0.15) is 0 Å². The molecule has 104 valence electrons. The first kappa shape index (κ1) is 14.3. The highest BCUT2D eigenvalue weighted by molar-refractivity contribution is 6.30. The van der Waals surface area contributed by atoms with E-state index in [-0.39, 0.29) is 5.91 Å². The van der Waals surface area contributed by atoms with Crippen LogP contribution in [-0.2, 0) is 4.79 Å². The van der Waals surface area contributed by atoms with Gasteiger partial charge in [-0.3, -0.25) is 9.69 Å². The molecule has 4 nitrogen and oxygen atoms in total. The number of anilines is 1. The first-order valence-corrected chi connectivity index (χ1v) is 7.06. The highest BCUT2D eigenvalue weighted by atomic mass is 35.5. The molecule has 1 aliphatic rings. The Morgan fingerprint density at radius 2 is 2.37 bits per heavy atom. The zero-order valence-corrected chi connectivity index (χ0v) is 11.7. The molecule has 0 bridgehead atoms. The van der Waals surface area contributed by atoms with Crippen LogP contribution in [0.2, 0.25) is 5.02 Å². The molecule has 0 saturated carbocycles. The van der Waals surface area contributed by atoms with Crippen molar-refractivity contribution >= 4 is 23.2 Å². The minimum atomic E-state index is 0.0185. The van der Waals surface area contributed by atoms with Crippen LogP contribution < -0.4 is 11.1 Å². The fraction of sp³-hybridized carbons (Fsp3) is 0.500. The monoisotopic (exact) mass is 281 g/mol. The maximum atomic E-state index is 11.9. The summed E-state index contributed by atoms with van der Waals surface area (Å²) >= 11 is 5.87. The Kier molecular flexibility index (Phi) is 5.19. The zero-order chi connectivity index (χ0) is 13.7. The highest BCUT2D eigenvalue weighted by Gasteiger charge is 2.23. The maximum absolute atomic E-state index is 11.9. The Labute approximate surface area is 118 Å². The van der Waals surface area contributed by atoms with Gasteiger partial charge in [-0.15, -0.1) is 0 Å². The third-order valence-corrected chi connectivity index (χ3v) is 3.74. The summed E-state index contributed by atoms with van der Waals surface area (Å²) in [6, 6.07) is 7.63. The average Bonchev–Trinajstić information content (AvgIpc) is 2.83. The number of halogens is 1. The highest BCUT2D eigenvalue weighted by Crippen LogP contribution is 2.17. The fourth-order valence-electron chi connectivity index (χ4n) is 2.49. The second-order valence-electron chi connectivity index (χ2n) is 4.88. The van der Waals surface area contributed by atoms with E-state index in [4.69, 9.17) is 17.3 Å². The topological polar surface area (TPSA) is 58.4 Å². The number of hydrogen-bond acceptors (Lipinski definition) is 3. The van der Waals surface area contributed by atoms with Crippen LogP contribution in [0.4, 0.5) is 5.69 Å². The van der Waals surface area contributed by atoms with E-state index in [1.54, 1.807) is 12.1 Å². The Hall–Kier alpha value is -1.10. The second kappa shape index (κ2) is 6.89. The van der Waals surface area contributed by atoms with E-state index >= 15 is 0 Å². The number of amides is 1. The minimum Gasteiger partial charge on any atom is -0.329 e. The van der Waals surface area contributed by atoms with Crippen molar-refractivity contribution in [1.82, 2.24) is 4.90 Å². The maximum Gasteiger partial charge on any atom is 0.225 e. The molecule has 0 spiro atoms. The third kappa shape index (κ3) is 4.20. The van der Waals surface area contributed by atoms with Gasteiger partial charge in [-0.05, 0) is 37.6 Å². The van der Waals surface area contributed by atoms with Gasteiger partial charge in [-0.1, -0.05) is 17.7 Å². The van der Waals surface area contributed by atoms with Gasteiger partial charge in [0.15, 0.2) is 0 Å². The number of nitrogens with one attached hydrogen (secondary N) is 1. The summed E-state index contributed by atoms with van der Waals surface area (Å²) in [7, 11) is 0. The van der Waals surface area contributed by atoms with E-state index < -0.39 is 0 Å². The van der Waals surface area contributed by atoms with Crippen LogP contribution in [0.3, 0.4) is 0 Å². The summed E-state index contributed by atoms with van der Waals surface area (Å²) in [5, 5.41) is 3.48. The average molecular weight is 282 g/mol.